The summed E-state index contributed by atoms with van der Waals surface area (Å²) in [5.41, 5.74) is 1.10. The zero-order chi connectivity index (χ0) is 16.1. The predicted octanol–water partition coefficient (Wildman–Crippen LogP) is 2.12. The van der Waals surface area contributed by atoms with E-state index in [9.17, 15) is 9.59 Å². The Morgan fingerprint density at radius 1 is 1.36 bits per heavy atom. The molecule has 2 N–H and O–H groups in total. The smallest absolute Gasteiger partial charge is 0.319 e. The van der Waals surface area contributed by atoms with Crippen LogP contribution in [0.3, 0.4) is 0 Å². The summed E-state index contributed by atoms with van der Waals surface area (Å²) in [4.78, 5) is 24.1. The highest BCUT2D eigenvalue weighted by Gasteiger charge is 2.39. The lowest BCUT2D eigenvalue weighted by Crippen LogP contribution is -2.51. The standard InChI is InChI=1S/C15H17BrN2O4/c1-9-12(14(19)22-8-7-21-2)13(18-15(20)17-9)10-5-3-4-6-11(10)16/h3-6,12-13H,1,7-8H2,2H3,(H2,17,18,20)/t12-,13+/m0/s1. The molecule has 118 valence electrons. The normalized spacial score (nSPS) is 21.0. The molecule has 0 radical (unpaired) electrons. The van der Waals surface area contributed by atoms with Crippen LogP contribution < -0.4 is 10.6 Å². The van der Waals surface area contributed by atoms with Crippen LogP contribution in [-0.2, 0) is 14.3 Å². The average molecular weight is 369 g/mol. The first-order chi connectivity index (χ1) is 10.5. The maximum absolute atomic E-state index is 12.3. The van der Waals surface area contributed by atoms with Crippen molar-refractivity contribution in [1.29, 1.82) is 0 Å². The van der Waals surface area contributed by atoms with E-state index in [1.807, 2.05) is 24.3 Å². The van der Waals surface area contributed by atoms with Crippen molar-refractivity contribution in [3.8, 4) is 0 Å². The van der Waals surface area contributed by atoms with Gasteiger partial charge in [-0.2, -0.15) is 0 Å². The summed E-state index contributed by atoms with van der Waals surface area (Å²) in [6, 6.07) is 6.43. The van der Waals surface area contributed by atoms with Gasteiger partial charge in [-0.3, -0.25) is 4.79 Å². The van der Waals surface area contributed by atoms with Crippen molar-refractivity contribution in [3.05, 3.63) is 46.6 Å². The molecule has 1 aromatic carbocycles. The van der Waals surface area contributed by atoms with Crippen LogP contribution in [0.4, 0.5) is 4.79 Å². The SMILES string of the molecule is C=C1NC(=O)N[C@H](c2ccccc2Br)[C@H]1C(=O)OCCOC. The number of carbonyl (C=O) groups is 2. The fourth-order valence-corrected chi connectivity index (χ4v) is 2.80. The van der Waals surface area contributed by atoms with Crippen LogP contribution in [0, 0.1) is 5.92 Å². The molecule has 1 aliphatic rings. The largest absolute Gasteiger partial charge is 0.463 e. The van der Waals surface area contributed by atoms with E-state index >= 15 is 0 Å². The molecule has 7 heteroatoms. The fourth-order valence-electron chi connectivity index (χ4n) is 2.26. The Balaban J connectivity index is 2.26. The van der Waals surface area contributed by atoms with Gasteiger partial charge in [0.2, 0.25) is 0 Å². The molecule has 1 saturated heterocycles. The molecule has 1 heterocycles. The molecule has 2 amide bonds. The Kier molecular flexibility index (Phi) is 5.57. The quantitative estimate of drug-likeness (QED) is 0.616. The molecule has 0 unspecified atom stereocenters. The van der Waals surface area contributed by atoms with Gasteiger partial charge in [-0.25, -0.2) is 4.79 Å². The van der Waals surface area contributed by atoms with Gasteiger partial charge < -0.3 is 20.1 Å². The summed E-state index contributed by atoms with van der Waals surface area (Å²) in [6.45, 7) is 4.24. The fraction of sp³-hybridized carbons (Fsp3) is 0.333. The molecule has 0 aliphatic carbocycles. The van der Waals surface area contributed by atoms with E-state index < -0.39 is 24.0 Å². The van der Waals surface area contributed by atoms with E-state index in [-0.39, 0.29) is 6.61 Å². The number of rotatable bonds is 5. The van der Waals surface area contributed by atoms with Crippen LogP contribution >= 0.6 is 15.9 Å². The monoisotopic (exact) mass is 368 g/mol. The molecule has 6 nitrogen and oxygen atoms in total. The highest BCUT2D eigenvalue weighted by atomic mass is 79.9. The minimum absolute atomic E-state index is 0.149. The molecule has 0 saturated carbocycles. The molecule has 0 aromatic heterocycles. The van der Waals surface area contributed by atoms with E-state index in [1.165, 1.54) is 7.11 Å². The van der Waals surface area contributed by atoms with Gasteiger partial charge in [-0.05, 0) is 11.6 Å². The minimum atomic E-state index is -0.715. The maximum Gasteiger partial charge on any atom is 0.319 e. The molecule has 1 aliphatic heterocycles. The van der Waals surface area contributed by atoms with Gasteiger partial charge in [0.25, 0.3) is 0 Å². The molecule has 0 spiro atoms. The lowest BCUT2D eigenvalue weighted by atomic mass is 9.89. The van der Waals surface area contributed by atoms with Gasteiger partial charge in [0.15, 0.2) is 0 Å². The van der Waals surface area contributed by atoms with Crippen LogP contribution in [0.5, 0.6) is 0 Å². The van der Waals surface area contributed by atoms with Crippen molar-refractivity contribution >= 4 is 27.9 Å². The van der Waals surface area contributed by atoms with Gasteiger partial charge in [0.1, 0.15) is 12.5 Å². The van der Waals surface area contributed by atoms with E-state index in [0.717, 1.165) is 10.0 Å². The van der Waals surface area contributed by atoms with Crippen LogP contribution in [0.15, 0.2) is 41.0 Å². The zero-order valence-electron chi connectivity index (χ0n) is 12.1. The van der Waals surface area contributed by atoms with Gasteiger partial charge in [-0.15, -0.1) is 0 Å². The van der Waals surface area contributed by atoms with Crippen molar-refractivity contribution in [3.63, 3.8) is 0 Å². The number of urea groups is 1. The predicted molar refractivity (Wildman–Crippen MR) is 84.0 cm³/mol. The summed E-state index contributed by atoms with van der Waals surface area (Å²) in [6.07, 6.45) is 0. The first-order valence-corrected chi connectivity index (χ1v) is 7.50. The molecule has 2 rings (SSSR count). The number of amides is 2. The number of esters is 1. The van der Waals surface area contributed by atoms with Crippen molar-refractivity contribution in [2.45, 2.75) is 6.04 Å². The van der Waals surface area contributed by atoms with Crippen molar-refractivity contribution in [1.82, 2.24) is 10.6 Å². The topological polar surface area (TPSA) is 76.7 Å². The van der Waals surface area contributed by atoms with E-state index in [1.54, 1.807) is 0 Å². The van der Waals surface area contributed by atoms with E-state index in [2.05, 4.69) is 33.1 Å². The third-order valence-electron chi connectivity index (χ3n) is 3.30. The second-order valence-electron chi connectivity index (χ2n) is 4.76. The molecular formula is C15H17BrN2O4. The van der Waals surface area contributed by atoms with Crippen LogP contribution in [-0.4, -0.2) is 32.3 Å². The number of ether oxygens (including phenoxy) is 2. The van der Waals surface area contributed by atoms with Crippen LogP contribution in [0.1, 0.15) is 11.6 Å². The molecule has 1 aromatic rings. The first kappa shape index (κ1) is 16.5. The Labute approximate surface area is 137 Å². The Hall–Kier alpha value is -1.86. The van der Waals surface area contributed by atoms with Gasteiger partial charge >= 0.3 is 12.0 Å². The number of halogens is 1. The summed E-state index contributed by atoms with van der Waals surface area (Å²) in [5, 5.41) is 5.28. The average Bonchev–Trinajstić information content (AvgIpc) is 2.47. The van der Waals surface area contributed by atoms with E-state index in [0.29, 0.717) is 12.3 Å². The number of hydrogen-bond acceptors (Lipinski definition) is 4. The van der Waals surface area contributed by atoms with Crippen LogP contribution in [0.25, 0.3) is 0 Å². The molecule has 2 atom stereocenters. The number of nitrogens with one attached hydrogen (secondary N) is 2. The molecule has 1 fully saturated rings. The third kappa shape index (κ3) is 3.66. The van der Waals surface area contributed by atoms with Crippen molar-refractivity contribution in [2.24, 2.45) is 5.92 Å². The number of benzene rings is 1. The summed E-state index contributed by atoms with van der Waals surface area (Å²) in [7, 11) is 1.53. The van der Waals surface area contributed by atoms with Gasteiger partial charge in [-0.1, -0.05) is 40.7 Å². The lowest BCUT2D eigenvalue weighted by molar-refractivity contribution is -0.149. The number of hydrogen-bond donors (Lipinski definition) is 2. The zero-order valence-corrected chi connectivity index (χ0v) is 13.7. The molecular weight excluding hydrogens is 352 g/mol. The Morgan fingerprint density at radius 3 is 2.77 bits per heavy atom. The maximum atomic E-state index is 12.3. The van der Waals surface area contributed by atoms with Crippen molar-refractivity contribution in [2.75, 3.05) is 20.3 Å². The third-order valence-corrected chi connectivity index (χ3v) is 4.02. The second kappa shape index (κ2) is 7.42. The summed E-state index contributed by atoms with van der Waals surface area (Å²) >= 11 is 3.44. The number of methoxy groups -OCH3 is 1. The Morgan fingerprint density at radius 2 is 2.09 bits per heavy atom. The highest BCUT2D eigenvalue weighted by Crippen LogP contribution is 2.34. The van der Waals surface area contributed by atoms with Gasteiger partial charge in [0, 0.05) is 17.3 Å². The Bertz CT molecular complexity index is 591. The number of carbonyl (C=O) groups excluding carboxylic acids is 2. The molecule has 0 bridgehead atoms. The minimum Gasteiger partial charge on any atom is -0.463 e. The molecule has 22 heavy (non-hydrogen) atoms. The first-order valence-electron chi connectivity index (χ1n) is 6.71. The summed E-state index contributed by atoms with van der Waals surface area (Å²) in [5.74, 6) is -1.18. The van der Waals surface area contributed by atoms with Crippen LogP contribution in [0.2, 0.25) is 0 Å². The second-order valence-corrected chi connectivity index (χ2v) is 5.62. The lowest BCUT2D eigenvalue weighted by Gasteiger charge is -2.33. The van der Waals surface area contributed by atoms with Gasteiger partial charge in [0.05, 0.1) is 12.6 Å². The van der Waals surface area contributed by atoms with E-state index in [4.69, 9.17) is 9.47 Å². The summed E-state index contributed by atoms with van der Waals surface area (Å²) < 4.78 is 10.8. The van der Waals surface area contributed by atoms with Crippen molar-refractivity contribution < 1.29 is 19.1 Å². The highest BCUT2D eigenvalue weighted by molar-refractivity contribution is 9.10.